The van der Waals surface area contributed by atoms with Gasteiger partial charge in [-0.2, -0.15) is 0 Å². The molecule has 9 nitrogen and oxygen atoms in total. The molecule has 3 aromatic rings. The van der Waals surface area contributed by atoms with E-state index >= 15 is 0 Å². The summed E-state index contributed by atoms with van der Waals surface area (Å²) >= 11 is 0. The monoisotopic (exact) mass is 449 g/mol. The van der Waals surface area contributed by atoms with Crippen molar-refractivity contribution < 1.29 is 29.9 Å². The molecular formula is C23H24BN3O6. The zero-order valence-corrected chi connectivity index (χ0v) is 17.7. The van der Waals surface area contributed by atoms with Crippen molar-refractivity contribution in [1.29, 1.82) is 0 Å². The van der Waals surface area contributed by atoms with Crippen molar-refractivity contribution in [3.63, 3.8) is 0 Å². The van der Waals surface area contributed by atoms with Crippen molar-refractivity contribution in [2.75, 3.05) is 5.32 Å². The SMILES string of the molecule is O=C(Cc1ccc(CNc2ccccn2)cc1)N[C@@H](Cc1cccc(C(=O)O)c1O)B(O)O. The van der Waals surface area contributed by atoms with Gasteiger partial charge in [-0.1, -0.05) is 42.5 Å². The molecule has 0 bridgehead atoms. The number of aromatic carboxylic acids is 1. The zero-order valence-electron chi connectivity index (χ0n) is 17.7. The number of carboxylic acid groups (broad SMARTS) is 1. The fourth-order valence-electron chi connectivity index (χ4n) is 3.27. The van der Waals surface area contributed by atoms with Crippen LogP contribution in [0.5, 0.6) is 5.75 Å². The molecule has 3 rings (SSSR count). The molecule has 0 radical (unpaired) electrons. The fraction of sp³-hybridized carbons (Fsp3) is 0.174. The predicted octanol–water partition coefficient (Wildman–Crippen LogP) is 1.38. The molecule has 1 atom stereocenters. The molecule has 0 aliphatic carbocycles. The second-order valence-corrected chi connectivity index (χ2v) is 7.47. The molecule has 0 spiro atoms. The van der Waals surface area contributed by atoms with Crippen LogP contribution in [0.1, 0.15) is 27.0 Å². The highest BCUT2D eigenvalue weighted by atomic mass is 16.4. The van der Waals surface area contributed by atoms with E-state index in [1.165, 1.54) is 18.2 Å². The molecule has 0 aliphatic rings. The molecule has 170 valence electrons. The number of hydrogen-bond donors (Lipinski definition) is 6. The van der Waals surface area contributed by atoms with E-state index in [4.69, 9.17) is 5.11 Å². The molecule has 0 fully saturated rings. The third-order valence-electron chi connectivity index (χ3n) is 5.02. The number of phenols is 1. The molecule has 1 amide bonds. The van der Waals surface area contributed by atoms with Gasteiger partial charge in [-0.05, 0) is 41.3 Å². The first-order valence-electron chi connectivity index (χ1n) is 10.3. The number of anilines is 1. The van der Waals surface area contributed by atoms with Gasteiger partial charge in [0.1, 0.15) is 17.1 Å². The molecule has 2 aromatic carbocycles. The number of nitrogens with zero attached hydrogens (tertiary/aromatic N) is 1. The Morgan fingerprint density at radius 2 is 1.70 bits per heavy atom. The lowest BCUT2D eigenvalue weighted by molar-refractivity contribution is -0.120. The first kappa shape index (κ1) is 23.8. The number of amides is 1. The fourth-order valence-corrected chi connectivity index (χ4v) is 3.27. The number of para-hydroxylation sites is 1. The van der Waals surface area contributed by atoms with E-state index in [1.807, 2.05) is 42.5 Å². The van der Waals surface area contributed by atoms with Crippen molar-refractivity contribution in [2.24, 2.45) is 0 Å². The number of aromatic hydroxyl groups is 1. The maximum Gasteiger partial charge on any atom is 0.475 e. The summed E-state index contributed by atoms with van der Waals surface area (Å²) in [6, 6.07) is 17.1. The summed E-state index contributed by atoms with van der Waals surface area (Å²) in [5.74, 6) is -2.59. The summed E-state index contributed by atoms with van der Waals surface area (Å²) < 4.78 is 0. The maximum atomic E-state index is 12.5. The van der Waals surface area contributed by atoms with Crippen LogP contribution in [0.15, 0.2) is 66.9 Å². The smallest absolute Gasteiger partial charge is 0.475 e. The van der Waals surface area contributed by atoms with Gasteiger partial charge in [-0.3, -0.25) is 4.79 Å². The first-order valence-corrected chi connectivity index (χ1v) is 10.3. The summed E-state index contributed by atoms with van der Waals surface area (Å²) in [7, 11) is -1.90. The number of carboxylic acids is 1. The summed E-state index contributed by atoms with van der Waals surface area (Å²) in [4.78, 5) is 27.8. The van der Waals surface area contributed by atoms with E-state index in [1.54, 1.807) is 6.20 Å². The quantitative estimate of drug-likeness (QED) is 0.254. The lowest BCUT2D eigenvalue weighted by Crippen LogP contribution is -2.48. The van der Waals surface area contributed by atoms with Gasteiger partial charge in [0.2, 0.25) is 5.91 Å². The number of carbonyl (C=O) groups excluding carboxylic acids is 1. The lowest BCUT2D eigenvalue weighted by Gasteiger charge is -2.19. The van der Waals surface area contributed by atoms with E-state index in [0.29, 0.717) is 6.54 Å². The van der Waals surface area contributed by atoms with Gasteiger partial charge in [0.05, 0.1) is 12.4 Å². The van der Waals surface area contributed by atoms with Gasteiger partial charge in [0, 0.05) is 12.7 Å². The van der Waals surface area contributed by atoms with Crippen molar-refractivity contribution in [2.45, 2.75) is 25.3 Å². The summed E-state index contributed by atoms with van der Waals surface area (Å²) in [5.41, 5.74) is 1.61. The molecule has 10 heteroatoms. The highest BCUT2D eigenvalue weighted by Crippen LogP contribution is 2.24. The number of hydrogen-bond acceptors (Lipinski definition) is 7. The van der Waals surface area contributed by atoms with Gasteiger partial charge in [0.25, 0.3) is 0 Å². The van der Waals surface area contributed by atoms with Crippen LogP contribution >= 0.6 is 0 Å². The van der Waals surface area contributed by atoms with Crippen LogP contribution in [0.3, 0.4) is 0 Å². The van der Waals surface area contributed by atoms with Crippen molar-refractivity contribution >= 4 is 24.8 Å². The Morgan fingerprint density at radius 3 is 2.33 bits per heavy atom. The number of pyridine rings is 1. The van der Waals surface area contributed by atoms with Crippen LogP contribution in [0.4, 0.5) is 5.82 Å². The summed E-state index contributed by atoms with van der Waals surface area (Å²) in [6.45, 7) is 0.571. The van der Waals surface area contributed by atoms with Crippen LogP contribution < -0.4 is 10.6 Å². The first-order chi connectivity index (χ1) is 15.8. The van der Waals surface area contributed by atoms with Gasteiger partial charge >= 0.3 is 13.1 Å². The Labute approximate surface area is 190 Å². The minimum Gasteiger partial charge on any atom is -0.507 e. The standard InChI is InChI=1S/C23H24BN3O6/c28-21(12-15-7-9-16(10-8-15)14-26-20-6-1-2-11-25-20)27-19(24(32)33)13-17-4-3-5-18(22(17)29)23(30)31/h1-11,19,29,32-33H,12-14H2,(H,25,26)(H,27,28)(H,30,31)/t19-/m0/s1. The topological polar surface area (TPSA) is 152 Å². The van der Waals surface area contributed by atoms with Gasteiger partial charge in [0.15, 0.2) is 0 Å². The molecule has 0 saturated heterocycles. The third-order valence-corrected chi connectivity index (χ3v) is 5.02. The summed E-state index contributed by atoms with van der Waals surface area (Å²) in [6.07, 6.45) is 1.55. The van der Waals surface area contributed by atoms with Crippen LogP contribution in [0.25, 0.3) is 0 Å². The average Bonchev–Trinajstić information content (AvgIpc) is 2.79. The minimum absolute atomic E-state index is 0.0122. The third kappa shape index (κ3) is 6.80. The predicted molar refractivity (Wildman–Crippen MR) is 123 cm³/mol. The Hall–Kier alpha value is -3.89. The van der Waals surface area contributed by atoms with Crippen LogP contribution in [-0.4, -0.2) is 50.2 Å². The Bertz CT molecular complexity index is 1090. The second-order valence-electron chi connectivity index (χ2n) is 7.47. The molecule has 0 saturated carbocycles. The number of rotatable bonds is 10. The maximum absolute atomic E-state index is 12.5. The van der Waals surface area contributed by atoms with Crippen LogP contribution in [-0.2, 0) is 24.2 Å². The highest BCUT2D eigenvalue weighted by molar-refractivity contribution is 6.43. The largest absolute Gasteiger partial charge is 0.507 e. The van der Waals surface area contributed by atoms with E-state index in [9.17, 15) is 24.7 Å². The Balaban J connectivity index is 1.57. The molecule has 0 unspecified atom stereocenters. The number of aromatic nitrogens is 1. The highest BCUT2D eigenvalue weighted by Gasteiger charge is 2.27. The van der Waals surface area contributed by atoms with Gasteiger partial charge in [-0.25, -0.2) is 9.78 Å². The Kier molecular flexibility index (Phi) is 8.01. The normalized spacial score (nSPS) is 11.5. The number of benzene rings is 2. The zero-order chi connectivity index (χ0) is 23.8. The number of carbonyl (C=O) groups is 2. The van der Waals surface area contributed by atoms with E-state index in [2.05, 4.69) is 15.6 Å². The van der Waals surface area contributed by atoms with Crippen LogP contribution in [0, 0.1) is 0 Å². The van der Waals surface area contributed by atoms with E-state index in [0.717, 1.165) is 16.9 Å². The van der Waals surface area contributed by atoms with E-state index in [-0.39, 0.29) is 24.0 Å². The van der Waals surface area contributed by atoms with Crippen molar-refractivity contribution in [3.8, 4) is 5.75 Å². The van der Waals surface area contributed by atoms with Gasteiger partial charge in [-0.15, -0.1) is 0 Å². The van der Waals surface area contributed by atoms with Crippen molar-refractivity contribution in [1.82, 2.24) is 10.3 Å². The minimum atomic E-state index is -1.90. The van der Waals surface area contributed by atoms with Crippen molar-refractivity contribution in [3.05, 3.63) is 89.1 Å². The van der Waals surface area contributed by atoms with Crippen LogP contribution in [0.2, 0.25) is 0 Å². The molecule has 1 heterocycles. The molecule has 6 N–H and O–H groups in total. The molecular weight excluding hydrogens is 425 g/mol. The average molecular weight is 449 g/mol. The van der Waals surface area contributed by atoms with E-state index < -0.39 is 30.7 Å². The summed E-state index contributed by atoms with van der Waals surface area (Å²) in [5, 5.41) is 44.3. The number of nitrogens with one attached hydrogen (secondary N) is 2. The molecule has 0 aliphatic heterocycles. The van der Waals surface area contributed by atoms with Gasteiger partial charge < -0.3 is 30.9 Å². The molecule has 1 aromatic heterocycles. The second kappa shape index (κ2) is 11.1. The Morgan fingerprint density at radius 1 is 0.970 bits per heavy atom. The lowest BCUT2D eigenvalue weighted by atomic mass is 9.75. The molecule has 33 heavy (non-hydrogen) atoms.